The van der Waals surface area contributed by atoms with E-state index >= 15 is 0 Å². The predicted molar refractivity (Wildman–Crippen MR) is 201 cm³/mol. The number of hydrogen-bond acceptors (Lipinski definition) is 6. The molecular weight excluding hydrogens is 613 g/mol. The molecule has 0 saturated heterocycles. The van der Waals surface area contributed by atoms with E-state index in [0.29, 0.717) is 11.3 Å². The zero-order chi connectivity index (χ0) is 33.3. The molecule has 0 aliphatic carbocycles. The highest BCUT2D eigenvalue weighted by atomic mass is 14.9. The fourth-order valence-electron chi connectivity index (χ4n) is 6.34. The van der Waals surface area contributed by atoms with E-state index in [-0.39, 0.29) is 0 Å². The van der Waals surface area contributed by atoms with E-state index in [1.54, 1.807) is 12.4 Å². The molecule has 0 bridgehead atoms. The molecule has 0 fully saturated rings. The van der Waals surface area contributed by atoms with Crippen LogP contribution in [-0.2, 0) is 0 Å². The van der Waals surface area contributed by atoms with Crippen LogP contribution in [0.25, 0.3) is 89.6 Å². The standard InChI is InChI=1S/C44H28N6/c1-3-12-29(13-4-1)41-35(27-33-20-22-39(47-43(33)49-41)37-18-7-9-24-45-37)31-16-11-17-32(26-31)36-28-34-21-23-40(38-19-8-10-25-46-38)48-44(34)50-42(36)30-14-5-2-6-15-30/h1-28H. The Morgan fingerprint density at radius 2 is 0.740 bits per heavy atom. The molecule has 0 saturated carbocycles. The van der Waals surface area contributed by atoms with Gasteiger partial charge in [-0.3, -0.25) is 9.97 Å². The summed E-state index contributed by atoms with van der Waals surface area (Å²) in [5.41, 5.74) is 12.5. The number of rotatable bonds is 6. The van der Waals surface area contributed by atoms with Gasteiger partial charge in [0.25, 0.3) is 0 Å². The molecule has 0 N–H and O–H groups in total. The number of fused-ring (bicyclic) bond motifs is 2. The van der Waals surface area contributed by atoms with Crippen molar-refractivity contribution < 1.29 is 0 Å². The third-order valence-electron chi connectivity index (χ3n) is 8.79. The van der Waals surface area contributed by atoms with Gasteiger partial charge in [0.15, 0.2) is 11.3 Å². The molecule has 3 aromatic carbocycles. The summed E-state index contributed by atoms with van der Waals surface area (Å²) in [6, 6.07) is 53.5. The van der Waals surface area contributed by atoms with Crippen LogP contribution >= 0.6 is 0 Å². The van der Waals surface area contributed by atoms with Gasteiger partial charge < -0.3 is 0 Å². The maximum atomic E-state index is 5.19. The van der Waals surface area contributed by atoms with Crippen LogP contribution in [0.1, 0.15) is 0 Å². The second-order valence-electron chi connectivity index (χ2n) is 12.0. The van der Waals surface area contributed by atoms with Gasteiger partial charge in [0.1, 0.15) is 0 Å². The molecule has 0 radical (unpaired) electrons. The molecule has 9 rings (SSSR count). The Kier molecular flexibility index (Phi) is 7.37. The molecule has 6 aromatic heterocycles. The van der Waals surface area contributed by atoms with E-state index in [0.717, 1.165) is 78.3 Å². The summed E-state index contributed by atoms with van der Waals surface area (Å²) in [6.45, 7) is 0. The van der Waals surface area contributed by atoms with Crippen molar-refractivity contribution in [2.24, 2.45) is 0 Å². The summed E-state index contributed by atoms with van der Waals surface area (Å²) >= 11 is 0. The topological polar surface area (TPSA) is 77.3 Å². The second-order valence-corrected chi connectivity index (χ2v) is 12.0. The molecule has 0 aliphatic rings. The van der Waals surface area contributed by atoms with Gasteiger partial charge in [-0.2, -0.15) is 0 Å². The van der Waals surface area contributed by atoms with Gasteiger partial charge in [0.2, 0.25) is 0 Å². The molecule has 50 heavy (non-hydrogen) atoms. The summed E-state index contributed by atoms with van der Waals surface area (Å²) < 4.78 is 0. The van der Waals surface area contributed by atoms with E-state index in [4.69, 9.17) is 19.9 Å². The Morgan fingerprint density at radius 3 is 1.18 bits per heavy atom. The van der Waals surface area contributed by atoms with Crippen LogP contribution in [0.5, 0.6) is 0 Å². The first-order chi connectivity index (χ1) is 24.8. The predicted octanol–water partition coefficient (Wildman–Crippen LogP) is 10.4. The van der Waals surface area contributed by atoms with Crippen molar-refractivity contribution in [3.05, 3.63) is 170 Å². The number of hydrogen-bond donors (Lipinski definition) is 0. The lowest BCUT2D eigenvalue weighted by Gasteiger charge is -2.15. The van der Waals surface area contributed by atoms with Crippen LogP contribution in [0.15, 0.2) is 170 Å². The molecule has 0 aliphatic heterocycles. The van der Waals surface area contributed by atoms with Crippen LogP contribution < -0.4 is 0 Å². The first-order valence-electron chi connectivity index (χ1n) is 16.4. The van der Waals surface area contributed by atoms with Crippen LogP contribution in [0.2, 0.25) is 0 Å². The lowest BCUT2D eigenvalue weighted by atomic mass is 9.93. The maximum absolute atomic E-state index is 5.19. The van der Waals surface area contributed by atoms with Gasteiger partial charge in [-0.25, -0.2) is 19.9 Å². The van der Waals surface area contributed by atoms with E-state index < -0.39 is 0 Å². The quantitative estimate of drug-likeness (QED) is 0.180. The van der Waals surface area contributed by atoms with Crippen molar-refractivity contribution in [3.63, 3.8) is 0 Å². The van der Waals surface area contributed by atoms with Crippen LogP contribution in [0.4, 0.5) is 0 Å². The Balaban J connectivity index is 1.21. The maximum Gasteiger partial charge on any atom is 0.160 e. The van der Waals surface area contributed by atoms with Crippen molar-refractivity contribution in [3.8, 4) is 67.5 Å². The largest absolute Gasteiger partial charge is 0.255 e. The van der Waals surface area contributed by atoms with Crippen LogP contribution in [0.3, 0.4) is 0 Å². The molecule has 0 atom stereocenters. The summed E-state index contributed by atoms with van der Waals surface area (Å²) in [5, 5.41) is 1.91. The van der Waals surface area contributed by atoms with Crippen molar-refractivity contribution in [2.75, 3.05) is 0 Å². The molecular formula is C44H28N6. The third kappa shape index (κ3) is 5.55. The Bertz CT molecular complexity index is 2450. The molecule has 6 heterocycles. The number of nitrogens with zero attached hydrogens (tertiary/aromatic N) is 6. The zero-order valence-electron chi connectivity index (χ0n) is 26.8. The van der Waals surface area contributed by atoms with E-state index in [2.05, 4.69) is 82.8 Å². The first kappa shape index (κ1) is 29.2. The second kappa shape index (κ2) is 12.6. The lowest BCUT2D eigenvalue weighted by Crippen LogP contribution is -1.96. The fraction of sp³-hybridized carbons (Fsp3) is 0. The van der Waals surface area contributed by atoms with Crippen molar-refractivity contribution >= 4 is 22.1 Å². The average Bonchev–Trinajstić information content (AvgIpc) is 3.21. The number of pyridine rings is 6. The lowest BCUT2D eigenvalue weighted by molar-refractivity contribution is 1.24. The van der Waals surface area contributed by atoms with Gasteiger partial charge in [0.05, 0.1) is 34.2 Å². The molecule has 0 spiro atoms. The smallest absolute Gasteiger partial charge is 0.160 e. The minimum absolute atomic E-state index is 0.676. The molecule has 234 valence electrons. The summed E-state index contributed by atoms with van der Waals surface area (Å²) in [5.74, 6) is 0. The average molecular weight is 641 g/mol. The third-order valence-corrected chi connectivity index (χ3v) is 8.79. The molecule has 6 heteroatoms. The van der Waals surface area contributed by atoms with E-state index in [1.165, 1.54) is 0 Å². The molecule has 0 amide bonds. The zero-order valence-corrected chi connectivity index (χ0v) is 26.8. The van der Waals surface area contributed by atoms with Crippen LogP contribution in [-0.4, -0.2) is 29.9 Å². The van der Waals surface area contributed by atoms with Crippen molar-refractivity contribution in [2.45, 2.75) is 0 Å². The monoisotopic (exact) mass is 640 g/mol. The Hall–Kier alpha value is -6.92. The highest BCUT2D eigenvalue weighted by Gasteiger charge is 2.17. The Morgan fingerprint density at radius 1 is 0.300 bits per heavy atom. The van der Waals surface area contributed by atoms with Gasteiger partial charge in [-0.15, -0.1) is 0 Å². The minimum atomic E-state index is 0.676. The molecule has 6 nitrogen and oxygen atoms in total. The summed E-state index contributed by atoms with van der Waals surface area (Å²) in [6.07, 6.45) is 3.56. The minimum Gasteiger partial charge on any atom is -0.255 e. The number of aromatic nitrogens is 6. The molecule has 0 unspecified atom stereocenters. The Labute approximate surface area is 288 Å². The van der Waals surface area contributed by atoms with Gasteiger partial charge in [-0.05, 0) is 77.9 Å². The highest BCUT2D eigenvalue weighted by Crippen LogP contribution is 2.38. The van der Waals surface area contributed by atoms with Gasteiger partial charge >= 0.3 is 0 Å². The fourth-order valence-corrected chi connectivity index (χ4v) is 6.34. The van der Waals surface area contributed by atoms with Crippen molar-refractivity contribution in [1.82, 2.24) is 29.9 Å². The normalized spacial score (nSPS) is 11.2. The van der Waals surface area contributed by atoms with Gasteiger partial charge in [0, 0.05) is 45.4 Å². The summed E-state index contributed by atoms with van der Waals surface area (Å²) in [7, 11) is 0. The molecule has 9 aromatic rings. The van der Waals surface area contributed by atoms with E-state index in [1.807, 2.05) is 84.9 Å². The van der Waals surface area contributed by atoms with Gasteiger partial charge in [-0.1, -0.05) is 91.0 Å². The van der Waals surface area contributed by atoms with Crippen molar-refractivity contribution in [1.29, 1.82) is 0 Å². The SMILES string of the molecule is c1ccc(-c2nc3nc(-c4ccccn4)ccc3cc2-c2cccc(-c3cc4ccc(-c5ccccn5)nc4nc3-c3ccccc3)c2)cc1. The van der Waals surface area contributed by atoms with E-state index in [9.17, 15) is 0 Å². The number of benzene rings is 3. The summed E-state index contributed by atoms with van der Waals surface area (Å²) in [4.78, 5) is 29.3. The van der Waals surface area contributed by atoms with Crippen LogP contribution in [0, 0.1) is 0 Å². The first-order valence-corrected chi connectivity index (χ1v) is 16.4. The highest BCUT2D eigenvalue weighted by molar-refractivity contribution is 5.95.